The zero-order chi connectivity index (χ0) is 14.4. The van der Waals surface area contributed by atoms with Crippen LogP contribution in [-0.4, -0.2) is 37.6 Å². The van der Waals surface area contributed by atoms with E-state index >= 15 is 0 Å². The van der Waals surface area contributed by atoms with Crippen LogP contribution in [0.25, 0.3) is 0 Å². The van der Waals surface area contributed by atoms with Crippen molar-refractivity contribution in [1.82, 2.24) is 9.62 Å². The normalized spacial score (nSPS) is 16.6. The predicted molar refractivity (Wildman–Crippen MR) is 68.3 cm³/mol. The highest BCUT2D eigenvalue weighted by atomic mass is 32.2. The Hall–Kier alpha value is -1.89. The Morgan fingerprint density at radius 3 is 2.47 bits per heavy atom. The average molecular weight is 282 g/mol. The van der Waals surface area contributed by atoms with Crippen LogP contribution in [0.3, 0.4) is 0 Å². The number of nitrogens with zero attached hydrogens (tertiary/aromatic N) is 1. The largest absolute Gasteiger partial charge is 0.355 e. The minimum Gasteiger partial charge on any atom is -0.355 e. The maximum absolute atomic E-state index is 12.3. The van der Waals surface area contributed by atoms with Crippen molar-refractivity contribution in [1.29, 1.82) is 0 Å². The summed E-state index contributed by atoms with van der Waals surface area (Å²) in [5.74, 6) is -0.943. The van der Waals surface area contributed by atoms with Gasteiger partial charge in [0.05, 0.1) is 5.56 Å². The first-order chi connectivity index (χ1) is 8.80. The Bertz CT molecular complexity index is 664. The minimum atomic E-state index is -3.86. The van der Waals surface area contributed by atoms with Gasteiger partial charge in [-0.2, -0.15) is 0 Å². The summed E-state index contributed by atoms with van der Waals surface area (Å²) in [7, 11) is -2.40. The molecule has 7 heteroatoms. The van der Waals surface area contributed by atoms with Crippen LogP contribution in [0, 0.1) is 0 Å². The van der Waals surface area contributed by atoms with E-state index in [2.05, 4.69) is 5.32 Å². The molecule has 0 fully saturated rings. The van der Waals surface area contributed by atoms with Gasteiger partial charge in [-0.15, -0.1) is 0 Å². The fraction of sp³-hybridized carbons (Fsp3) is 0.333. The van der Waals surface area contributed by atoms with Crippen molar-refractivity contribution in [2.45, 2.75) is 24.8 Å². The number of hydrogen-bond acceptors (Lipinski definition) is 4. The number of carbonyl (C=O) groups is 2. The molecule has 0 saturated carbocycles. The van der Waals surface area contributed by atoms with Crippen molar-refractivity contribution in [3.8, 4) is 0 Å². The van der Waals surface area contributed by atoms with Gasteiger partial charge < -0.3 is 5.32 Å². The molecule has 1 heterocycles. The number of sulfonamides is 1. The van der Waals surface area contributed by atoms with Gasteiger partial charge in [0.25, 0.3) is 21.8 Å². The number of amides is 2. The highest BCUT2D eigenvalue weighted by Crippen LogP contribution is 2.32. The zero-order valence-electron chi connectivity index (χ0n) is 10.8. The third kappa shape index (κ3) is 1.90. The Kier molecular flexibility index (Phi) is 3.09. The molecule has 1 aliphatic rings. The van der Waals surface area contributed by atoms with Crippen LogP contribution in [-0.2, 0) is 10.0 Å². The third-order valence-electron chi connectivity index (χ3n) is 2.91. The van der Waals surface area contributed by atoms with Crippen LogP contribution in [0.15, 0.2) is 23.1 Å². The van der Waals surface area contributed by atoms with Crippen molar-refractivity contribution in [2.75, 3.05) is 7.05 Å². The molecule has 2 rings (SSSR count). The van der Waals surface area contributed by atoms with Crippen molar-refractivity contribution in [3.63, 3.8) is 0 Å². The van der Waals surface area contributed by atoms with E-state index in [-0.39, 0.29) is 16.0 Å². The molecule has 1 aromatic carbocycles. The summed E-state index contributed by atoms with van der Waals surface area (Å²) < 4.78 is 25.4. The molecule has 0 saturated heterocycles. The number of nitrogens with one attached hydrogen (secondary N) is 1. The van der Waals surface area contributed by atoms with Crippen LogP contribution < -0.4 is 5.32 Å². The van der Waals surface area contributed by atoms with Gasteiger partial charge in [-0.25, -0.2) is 12.7 Å². The Morgan fingerprint density at radius 2 is 1.95 bits per heavy atom. The number of carbonyl (C=O) groups excluding carboxylic acids is 2. The molecule has 0 atom stereocenters. The minimum absolute atomic E-state index is 0.104. The summed E-state index contributed by atoms with van der Waals surface area (Å²) >= 11 is 0. The summed E-state index contributed by atoms with van der Waals surface area (Å²) in [6.07, 6.45) is 0. The number of benzene rings is 1. The standard InChI is InChI=1S/C12H14N2O4S/c1-7(2)14-12(16)9-5-4-8(11(15)13-3)6-10(9)19(14,17)18/h4-7H,1-3H3,(H,13,15). The lowest BCUT2D eigenvalue weighted by molar-refractivity contribution is 0.0845. The van der Waals surface area contributed by atoms with E-state index in [0.717, 1.165) is 4.31 Å². The first kappa shape index (κ1) is 13.5. The molecule has 1 aromatic rings. The second-order valence-electron chi connectivity index (χ2n) is 4.49. The lowest BCUT2D eigenvalue weighted by Gasteiger charge is -2.18. The van der Waals surface area contributed by atoms with Gasteiger partial charge in [-0.1, -0.05) is 0 Å². The van der Waals surface area contributed by atoms with Crippen LogP contribution >= 0.6 is 0 Å². The molecule has 1 aliphatic heterocycles. The molecule has 102 valence electrons. The van der Waals surface area contributed by atoms with Crippen molar-refractivity contribution < 1.29 is 18.0 Å². The van der Waals surface area contributed by atoms with Crippen molar-refractivity contribution >= 4 is 21.8 Å². The lowest BCUT2D eigenvalue weighted by atomic mass is 10.1. The van der Waals surface area contributed by atoms with E-state index in [1.807, 2.05) is 0 Å². The van der Waals surface area contributed by atoms with Gasteiger partial charge in [0, 0.05) is 18.7 Å². The van der Waals surface area contributed by atoms with Crippen molar-refractivity contribution in [2.24, 2.45) is 0 Å². The topological polar surface area (TPSA) is 83.6 Å². The molecule has 0 aliphatic carbocycles. The molecular weight excluding hydrogens is 268 g/mol. The quantitative estimate of drug-likeness (QED) is 0.861. The maximum Gasteiger partial charge on any atom is 0.269 e. The Labute approximate surface area is 111 Å². The molecule has 19 heavy (non-hydrogen) atoms. The molecule has 0 radical (unpaired) electrons. The van der Waals surface area contributed by atoms with Gasteiger partial charge in [0.2, 0.25) is 0 Å². The third-order valence-corrected chi connectivity index (χ3v) is 4.91. The summed E-state index contributed by atoms with van der Waals surface area (Å²) in [6.45, 7) is 3.25. The maximum atomic E-state index is 12.3. The lowest BCUT2D eigenvalue weighted by Crippen LogP contribution is -2.36. The number of fused-ring (bicyclic) bond motifs is 1. The number of hydrogen-bond donors (Lipinski definition) is 1. The van der Waals surface area contributed by atoms with Gasteiger partial charge in [-0.05, 0) is 32.0 Å². The second-order valence-corrected chi connectivity index (χ2v) is 6.27. The van der Waals surface area contributed by atoms with Gasteiger partial charge in [-0.3, -0.25) is 9.59 Å². The molecule has 1 N–H and O–H groups in total. The van der Waals surface area contributed by atoms with Crippen LogP contribution in [0.1, 0.15) is 34.6 Å². The molecular formula is C12H14N2O4S. The molecule has 6 nitrogen and oxygen atoms in total. The molecule has 0 aromatic heterocycles. The van der Waals surface area contributed by atoms with E-state index in [0.29, 0.717) is 0 Å². The molecule has 0 bridgehead atoms. The fourth-order valence-corrected chi connectivity index (χ4v) is 3.84. The highest BCUT2D eigenvalue weighted by molar-refractivity contribution is 7.90. The van der Waals surface area contributed by atoms with E-state index in [9.17, 15) is 18.0 Å². The van der Waals surface area contributed by atoms with Crippen LogP contribution in [0.4, 0.5) is 0 Å². The summed E-state index contributed by atoms with van der Waals surface area (Å²) in [5, 5.41) is 2.41. The molecule has 0 unspecified atom stereocenters. The van der Waals surface area contributed by atoms with Crippen LogP contribution in [0.2, 0.25) is 0 Å². The van der Waals surface area contributed by atoms with Gasteiger partial charge >= 0.3 is 0 Å². The molecule has 2 amide bonds. The monoisotopic (exact) mass is 282 g/mol. The fourth-order valence-electron chi connectivity index (χ4n) is 2.04. The number of rotatable bonds is 2. The van der Waals surface area contributed by atoms with Crippen LogP contribution in [0.5, 0.6) is 0 Å². The first-order valence-corrected chi connectivity index (χ1v) is 7.19. The summed E-state index contributed by atoms with van der Waals surface area (Å²) in [4.78, 5) is 23.5. The Balaban J connectivity index is 2.64. The van der Waals surface area contributed by atoms with Crippen molar-refractivity contribution in [3.05, 3.63) is 29.3 Å². The van der Waals surface area contributed by atoms with E-state index in [1.54, 1.807) is 13.8 Å². The SMILES string of the molecule is CNC(=O)c1ccc2c(c1)S(=O)(=O)N(C(C)C)C2=O. The molecule has 0 spiro atoms. The van der Waals surface area contributed by atoms with E-state index < -0.39 is 27.9 Å². The second kappa shape index (κ2) is 4.34. The van der Waals surface area contributed by atoms with Gasteiger partial charge in [0.15, 0.2) is 0 Å². The first-order valence-electron chi connectivity index (χ1n) is 5.75. The summed E-state index contributed by atoms with van der Waals surface area (Å²) in [5.41, 5.74) is 0.324. The Morgan fingerprint density at radius 1 is 1.32 bits per heavy atom. The van der Waals surface area contributed by atoms with Gasteiger partial charge in [0.1, 0.15) is 4.90 Å². The zero-order valence-corrected chi connectivity index (χ0v) is 11.6. The summed E-state index contributed by atoms with van der Waals surface area (Å²) in [6, 6.07) is 3.59. The smallest absolute Gasteiger partial charge is 0.269 e. The predicted octanol–water partition coefficient (Wildman–Crippen LogP) is 0.599. The highest BCUT2D eigenvalue weighted by Gasteiger charge is 2.42. The van der Waals surface area contributed by atoms with E-state index in [1.165, 1.54) is 25.2 Å². The average Bonchev–Trinajstić information content (AvgIpc) is 2.55. The van der Waals surface area contributed by atoms with E-state index in [4.69, 9.17) is 0 Å².